The highest BCUT2D eigenvalue weighted by atomic mass is 16.6. The van der Waals surface area contributed by atoms with Gasteiger partial charge in [0.1, 0.15) is 12.2 Å². The Labute approximate surface area is 152 Å². The number of carbonyl (C=O) groups is 2. The van der Waals surface area contributed by atoms with Crippen LogP contribution in [0, 0.1) is 5.92 Å². The summed E-state index contributed by atoms with van der Waals surface area (Å²) in [4.78, 5) is 22.8. The van der Waals surface area contributed by atoms with Crippen LogP contribution in [0.15, 0.2) is 12.7 Å². The number of nitrogens with one attached hydrogen (secondary N) is 1. The van der Waals surface area contributed by atoms with Crippen LogP contribution in [0.25, 0.3) is 0 Å². The van der Waals surface area contributed by atoms with Crippen molar-refractivity contribution in [2.75, 3.05) is 19.8 Å². The van der Waals surface area contributed by atoms with E-state index in [-0.39, 0.29) is 24.7 Å². The third-order valence-corrected chi connectivity index (χ3v) is 4.18. The van der Waals surface area contributed by atoms with Gasteiger partial charge in [0.25, 0.3) is 0 Å². The average Bonchev–Trinajstić information content (AvgIpc) is 2.54. The van der Waals surface area contributed by atoms with E-state index < -0.39 is 17.7 Å². The molecule has 0 fully saturated rings. The van der Waals surface area contributed by atoms with Crippen LogP contribution in [0.5, 0.6) is 0 Å². The smallest absolute Gasteiger partial charge is 0.407 e. The molecule has 146 valence electrons. The second-order valence-corrected chi connectivity index (χ2v) is 7.37. The van der Waals surface area contributed by atoms with Crippen molar-refractivity contribution in [3.63, 3.8) is 0 Å². The molecule has 1 amide bonds. The Bertz CT molecular complexity index is 432. The Balaban J connectivity index is 4.24. The molecule has 0 heterocycles. The first-order valence-electron chi connectivity index (χ1n) is 8.94. The van der Waals surface area contributed by atoms with Gasteiger partial charge in [-0.25, -0.2) is 9.59 Å². The number of carbonyl (C=O) groups excluding carboxylic acids is 2. The number of unbranched alkanes of at least 4 members (excludes halogenated alkanes) is 1. The molecule has 6 nitrogen and oxygen atoms in total. The first-order chi connectivity index (χ1) is 11.5. The summed E-state index contributed by atoms with van der Waals surface area (Å²) < 4.78 is 16.3. The van der Waals surface area contributed by atoms with Crippen LogP contribution in [-0.2, 0) is 19.0 Å². The Kier molecular flexibility index (Phi) is 10.4. The van der Waals surface area contributed by atoms with Gasteiger partial charge in [-0.1, -0.05) is 33.3 Å². The molecular formula is C19H35NO5. The fourth-order valence-electron chi connectivity index (χ4n) is 1.97. The molecule has 0 saturated carbocycles. The summed E-state index contributed by atoms with van der Waals surface area (Å²) in [6.07, 6.45) is 3.79. The highest BCUT2D eigenvalue weighted by Crippen LogP contribution is 2.25. The average molecular weight is 357 g/mol. The molecule has 0 spiro atoms. The monoisotopic (exact) mass is 357 g/mol. The third-order valence-electron chi connectivity index (χ3n) is 4.18. The second-order valence-electron chi connectivity index (χ2n) is 7.37. The summed E-state index contributed by atoms with van der Waals surface area (Å²) in [6.45, 7) is 16.1. The summed E-state index contributed by atoms with van der Waals surface area (Å²) in [5.41, 5.74) is -0.861. The molecule has 0 aliphatic rings. The Morgan fingerprint density at radius 3 is 2.44 bits per heavy atom. The minimum atomic E-state index is -0.678. The highest BCUT2D eigenvalue weighted by Gasteiger charge is 2.32. The van der Waals surface area contributed by atoms with E-state index >= 15 is 0 Å². The van der Waals surface area contributed by atoms with Crippen LogP contribution in [0.1, 0.15) is 60.8 Å². The predicted octanol–water partition coefficient (Wildman–Crippen LogP) is 3.84. The molecule has 0 aromatic carbocycles. The van der Waals surface area contributed by atoms with E-state index in [1.54, 1.807) is 0 Å². The van der Waals surface area contributed by atoms with Crippen LogP contribution >= 0.6 is 0 Å². The van der Waals surface area contributed by atoms with E-state index in [1.807, 2.05) is 20.8 Å². The lowest BCUT2D eigenvalue weighted by molar-refractivity contribution is -0.137. The Morgan fingerprint density at radius 2 is 1.88 bits per heavy atom. The van der Waals surface area contributed by atoms with E-state index in [1.165, 1.54) is 0 Å². The number of hydrogen-bond acceptors (Lipinski definition) is 5. The molecule has 6 heteroatoms. The second kappa shape index (κ2) is 11.1. The third kappa shape index (κ3) is 10.8. The topological polar surface area (TPSA) is 73.9 Å². The van der Waals surface area contributed by atoms with Gasteiger partial charge in [-0.05, 0) is 34.1 Å². The summed E-state index contributed by atoms with van der Waals surface area (Å²) >= 11 is 0. The number of esters is 1. The lowest BCUT2D eigenvalue weighted by atomic mass is 9.93. The predicted molar refractivity (Wildman–Crippen MR) is 98.4 cm³/mol. The first-order valence-corrected chi connectivity index (χ1v) is 8.94. The number of amides is 1. The molecule has 0 aromatic heterocycles. The maximum atomic E-state index is 11.9. The lowest BCUT2D eigenvalue weighted by Crippen LogP contribution is -2.42. The van der Waals surface area contributed by atoms with Gasteiger partial charge in [-0.2, -0.15) is 0 Å². The molecule has 0 radical (unpaired) electrons. The van der Waals surface area contributed by atoms with Crippen LogP contribution in [0.4, 0.5) is 4.79 Å². The van der Waals surface area contributed by atoms with Gasteiger partial charge in [0, 0.05) is 12.0 Å². The van der Waals surface area contributed by atoms with Crippen molar-refractivity contribution in [1.82, 2.24) is 5.32 Å². The number of hydrogen-bond donors (Lipinski definition) is 1. The molecule has 1 atom stereocenters. The van der Waals surface area contributed by atoms with Crippen LogP contribution < -0.4 is 5.32 Å². The quantitative estimate of drug-likeness (QED) is 0.326. The molecule has 1 unspecified atom stereocenters. The maximum absolute atomic E-state index is 11.9. The number of ether oxygens (including phenoxy) is 3. The first kappa shape index (κ1) is 23.4. The van der Waals surface area contributed by atoms with E-state index in [0.29, 0.717) is 6.61 Å². The fraction of sp³-hybridized carbons (Fsp3) is 0.789. The van der Waals surface area contributed by atoms with Crippen molar-refractivity contribution in [2.45, 2.75) is 72.0 Å². The highest BCUT2D eigenvalue weighted by molar-refractivity contribution is 5.81. The molecule has 0 aromatic rings. The summed E-state index contributed by atoms with van der Waals surface area (Å²) in [5, 5.41) is 2.56. The minimum absolute atomic E-state index is 0.0257. The van der Waals surface area contributed by atoms with E-state index in [0.717, 1.165) is 25.3 Å². The van der Waals surface area contributed by atoms with Crippen molar-refractivity contribution in [3.05, 3.63) is 12.7 Å². The Morgan fingerprint density at radius 1 is 1.24 bits per heavy atom. The van der Waals surface area contributed by atoms with Gasteiger partial charge in [-0.3, -0.25) is 0 Å². The molecule has 0 bridgehead atoms. The van der Waals surface area contributed by atoms with Crippen molar-refractivity contribution in [3.8, 4) is 0 Å². The van der Waals surface area contributed by atoms with Gasteiger partial charge in [0.05, 0.1) is 18.8 Å². The van der Waals surface area contributed by atoms with Crippen LogP contribution in [0.2, 0.25) is 0 Å². The van der Waals surface area contributed by atoms with Crippen molar-refractivity contribution in [1.29, 1.82) is 0 Å². The molecule has 0 saturated heterocycles. The molecule has 0 aliphatic carbocycles. The summed E-state index contributed by atoms with van der Waals surface area (Å²) in [5.74, 6) is -0.496. The molecule has 25 heavy (non-hydrogen) atoms. The van der Waals surface area contributed by atoms with E-state index in [9.17, 15) is 9.59 Å². The van der Waals surface area contributed by atoms with Gasteiger partial charge in [0.15, 0.2) is 0 Å². The zero-order chi connectivity index (χ0) is 19.5. The zero-order valence-corrected chi connectivity index (χ0v) is 16.6. The van der Waals surface area contributed by atoms with Crippen LogP contribution in [0.3, 0.4) is 0 Å². The molecule has 1 N–H and O–H groups in total. The Hall–Kier alpha value is -1.56. The summed E-state index contributed by atoms with van der Waals surface area (Å²) in [6, 6.07) is 0. The maximum Gasteiger partial charge on any atom is 0.407 e. The minimum Gasteiger partial charge on any atom is -0.461 e. The SMILES string of the molecule is C=CC(=O)OCCNC(=O)OC(C)(C)C(C)COC(C)(C)CCCC. The van der Waals surface area contributed by atoms with Crippen LogP contribution in [-0.4, -0.2) is 43.0 Å². The van der Waals surface area contributed by atoms with Crippen molar-refractivity contribution < 1.29 is 23.8 Å². The normalized spacial score (nSPS) is 13.0. The van der Waals surface area contributed by atoms with Gasteiger partial charge < -0.3 is 19.5 Å². The van der Waals surface area contributed by atoms with Gasteiger partial charge >= 0.3 is 12.1 Å². The molecular weight excluding hydrogens is 322 g/mol. The van der Waals surface area contributed by atoms with Gasteiger partial charge in [-0.15, -0.1) is 0 Å². The number of alkyl carbamates (subject to hydrolysis) is 1. The summed E-state index contributed by atoms with van der Waals surface area (Å²) in [7, 11) is 0. The fourth-order valence-corrected chi connectivity index (χ4v) is 1.97. The van der Waals surface area contributed by atoms with Crippen molar-refractivity contribution >= 4 is 12.1 Å². The largest absolute Gasteiger partial charge is 0.461 e. The molecule has 0 aliphatic heterocycles. The standard InChI is InChI=1S/C19H35NO5/c1-8-10-11-18(4,5)24-14-15(3)19(6,7)25-17(22)20-12-13-23-16(21)9-2/h9,15H,2,8,10-14H2,1,3-7H3,(H,20,22). The lowest BCUT2D eigenvalue weighted by Gasteiger charge is -2.34. The van der Waals surface area contributed by atoms with Crippen molar-refractivity contribution in [2.24, 2.45) is 5.92 Å². The van der Waals surface area contributed by atoms with E-state index in [2.05, 4.69) is 32.7 Å². The van der Waals surface area contributed by atoms with Gasteiger partial charge in [0.2, 0.25) is 0 Å². The molecule has 0 rings (SSSR count). The van der Waals surface area contributed by atoms with E-state index in [4.69, 9.17) is 14.2 Å². The number of rotatable bonds is 12. The zero-order valence-electron chi connectivity index (χ0n) is 16.6.